The summed E-state index contributed by atoms with van der Waals surface area (Å²) in [5.74, 6) is -3.16. The smallest absolute Gasteiger partial charge is 0.287 e. The van der Waals surface area contributed by atoms with Gasteiger partial charge in [-0.2, -0.15) is 13.9 Å². The van der Waals surface area contributed by atoms with Crippen LogP contribution in [0.4, 0.5) is 14.5 Å². The minimum Gasteiger partial charge on any atom is -0.398 e. The van der Waals surface area contributed by atoms with Crippen LogP contribution >= 0.6 is 0 Å². The molecule has 202 valence electrons. The maximum atomic E-state index is 13.8. The number of alkyl halides is 2. The molecule has 3 aromatic rings. The number of amides is 2. The zero-order valence-corrected chi connectivity index (χ0v) is 21.7. The van der Waals surface area contributed by atoms with Gasteiger partial charge in [0.1, 0.15) is 5.69 Å². The summed E-state index contributed by atoms with van der Waals surface area (Å²) in [5.41, 5.74) is 10.7. The standard InChI is InChI=1S/C29H30F2N6O2/c1-3-26(38)35-12-10-22-27-23(37(34-22)19-8-6-18(7-9-19)17-4-5-17)11-13-36(24(27)16-35)28(39)20-15-33-25(14-21(20)32)29(2,30)31/h3,6-9,14-15,17,24H,1,4-5,10-13,16H2,2H3,(H2,32,33). The molecule has 1 atom stereocenters. The molecule has 1 saturated carbocycles. The molecule has 2 amide bonds. The van der Waals surface area contributed by atoms with E-state index < -0.39 is 23.6 Å². The van der Waals surface area contributed by atoms with Gasteiger partial charge in [-0.15, -0.1) is 0 Å². The molecule has 8 nitrogen and oxygen atoms in total. The van der Waals surface area contributed by atoms with Crippen LogP contribution in [0.3, 0.4) is 0 Å². The third-order valence-corrected chi connectivity index (χ3v) is 7.96. The van der Waals surface area contributed by atoms with E-state index in [2.05, 4.69) is 35.8 Å². The van der Waals surface area contributed by atoms with Gasteiger partial charge >= 0.3 is 0 Å². The summed E-state index contributed by atoms with van der Waals surface area (Å²) in [6.07, 6.45) is 5.94. The molecule has 3 aliphatic rings. The number of nitrogen functional groups attached to an aromatic ring is 1. The van der Waals surface area contributed by atoms with Gasteiger partial charge < -0.3 is 15.5 Å². The first-order chi connectivity index (χ1) is 18.7. The minimum absolute atomic E-state index is 0.0573. The number of rotatable bonds is 5. The average Bonchev–Trinajstić information content (AvgIpc) is 3.73. The third-order valence-electron chi connectivity index (χ3n) is 7.96. The number of aromatic nitrogens is 3. The van der Waals surface area contributed by atoms with Crippen molar-refractivity contribution in [2.75, 3.05) is 25.4 Å². The van der Waals surface area contributed by atoms with Crippen LogP contribution in [0, 0.1) is 0 Å². The predicted molar refractivity (Wildman–Crippen MR) is 142 cm³/mol. The Morgan fingerprint density at radius 1 is 1.15 bits per heavy atom. The Labute approximate surface area is 225 Å². The first-order valence-electron chi connectivity index (χ1n) is 13.2. The van der Waals surface area contributed by atoms with E-state index in [4.69, 9.17) is 10.8 Å². The lowest BCUT2D eigenvalue weighted by Crippen LogP contribution is -2.46. The summed E-state index contributed by atoms with van der Waals surface area (Å²) in [6, 6.07) is 9.08. The molecule has 1 unspecified atom stereocenters. The number of carbonyl (C=O) groups is 2. The zero-order valence-electron chi connectivity index (χ0n) is 21.7. The highest BCUT2D eigenvalue weighted by Crippen LogP contribution is 2.41. The first-order valence-corrected chi connectivity index (χ1v) is 13.2. The maximum absolute atomic E-state index is 13.8. The van der Waals surface area contributed by atoms with Gasteiger partial charge in [-0.05, 0) is 48.6 Å². The molecule has 0 spiro atoms. The fourth-order valence-corrected chi connectivity index (χ4v) is 5.73. The second-order valence-corrected chi connectivity index (χ2v) is 10.6. The van der Waals surface area contributed by atoms with Gasteiger partial charge in [-0.25, -0.2) is 4.68 Å². The van der Waals surface area contributed by atoms with Crippen LogP contribution in [0.1, 0.15) is 70.3 Å². The Hall–Kier alpha value is -4.08. The molecule has 0 saturated heterocycles. The first kappa shape index (κ1) is 25.2. The largest absolute Gasteiger partial charge is 0.398 e. The van der Waals surface area contributed by atoms with Gasteiger partial charge in [0.25, 0.3) is 11.8 Å². The van der Waals surface area contributed by atoms with Crippen molar-refractivity contribution in [3.05, 3.63) is 83.0 Å². The lowest BCUT2D eigenvalue weighted by Gasteiger charge is -2.38. The van der Waals surface area contributed by atoms with Crippen LogP contribution in [0.25, 0.3) is 5.69 Å². The molecule has 0 bridgehead atoms. The van der Waals surface area contributed by atoms with E-state index in [0.29, 0.717) is 31.8 Å². The Morgan fingerprint density at radius 2 is 1.90 bits per heavy atom. The van der Waals surface area contributed by atoms with Gasteiger partial charge in [0, 0.05) is 56.8 Å². The van der Waals surface area contributed by atoms with Crippen LogP contribution in [-0.2, 0) is 23.6 Å². The number of nitrogens with zero attached hydrogens (tertiary/aromatic N) is 5. The Balaban J connectivity index is 1.39. The van der Waals surface area contributed by atoms with Crippen LogP contribution in [0.2, 0.25) is 0 Å². The second kappa shape index (κ2) is 9.29. The van der Waals surface area contributed by atoms with Crippen molar-refractivity contribution in [1.29, 1.82) is 0 Å². The minimum atomic E-state index is -3.18. The second-order valence-electron chi connectivity index (χ2n) is 10.6. The van der Waals surface area contributed by atoms with Crippen LogP contribution in [0.5, 0.6) is 0 Å². The SMILES string of the molecule is C=CC(=O)N1CCc2nn(-c3ccc(C4CC4)cc3)c3c2C(C1)N(C(=O)c1cnc(C(C)(F)F)cc1N)CC3. The monoisotopic (exact) mass is 532 g/mol. The predicted octanol–water partition coefficient (Wildman–Crippen LogP) is 4.15. The van der Waals surface area contributed by atoms with Crippen molar-refractivity contribution < 1.29 is 18.4 Å². The summed E-state index contributed by atoms with van der Waals surface area (Å²) in [6.45, 7) is 5.42. The molecule has 0 radical (unpaired) electrons. The van der Waals surface area contributed by atoms with Crippen molar-refractivity contribution in [3.63, 3.8) is 0 Å². The molecule has 6 rings (SSSR count). The number of benzene rings is 1. The summed E-state index contributed by atoms with van der Waals surface area (Å²) < 4.78 is 29.6. The van der Waals surface area contributed by atoms with Gasteiger partial charge in [-0.1, -0.05) is 18.7 Å². The fourth-order valence-electron chi connectivity index (χ4n) is 5.73. The highest BCUT2D eigenvalue weighted by Gasteiger charge is 2.40. The summed E-state index contributed by atoms with van der Waals surface area (Å²) >= 11 is 0. The van der Waals surface area contributed by atoms with Crippen molar-refractivity contribution in [1.82, 2.24) is 24.6 Å². The van der Waals surface area contributed by atoms with E-state index in [9.17, 15) is 18.4 Å². The molecule has 2 aromatic heterocycles. The van der Waals surface area contributed by atoms with Crippen molar-refractivity contribution >= 4 is 17.5 Å². The summed E-state index contributed by atoms with van der Waals surface area (Å²) in [4.78, 5) is 33.6. The van der Waals surface area contributed by atoms with Gasteiger partial charge in [0.15, 0.2) is 0 Å². The number of carbonyl (C=O) groups excluding carboxylic acids is 2. The third kappa shape index (κ3) is 4.47. The Bertz CT molecular complexity index is 1470. The number of pyridine rings is 1. The van der Waals surface area contributed by atoms with E-state index in [1.54, 1.807) is 9.80 Å². The Kier molecular flexibility index (Phi) is 6.00. The molecule has 1 aromatic carbocycles. The van der Waals surface area contributed by atoms with E-state index >= 15 is 0 Å². The molecule has 1 aliphatic carbocycles. The molecular weight excluding hydrogens is 502 g/mol. The van der Waals surface area contributed by atoms with E-state index in [-0.39, 0.29) is 23.7 Å². The van der Waals surface area contributed by atoms with Crippen LogP contribution in [-0.4, -0.2) is 56.0 Å². The lowest BCUT2D eigenvalue weighted by molar-refractivity contribution is -0.126. The number of anilines is 1. The molecular formula is C29H30F2N6O2. The Morgan fingerprint density at radius 3 is 2.54 bits per heavy atom. The lowest BCUT2D eigenvalue weighted by atomic mass is 9.94. The highest BCUT2D eigenvalue weighted by molar-refractivity contribution is 5.99. The fraction of sp³-hybridized carbons (Fsp3) is 0.379. The molecule has 1 fully saturated rings. The number of halogens is 2. The van der Waals surface area contributed by atoms with E-state index in [1.807, 2.05) is 4.68 Å². The number of nitrogens with two attached hydrogens (primary N) is 1. The van der Waals surface area contributed by atoms with Crippen molar-refractivity contribution in [2.24, 2.45) is 0 Å². The summed E-state index contributed by atoms with van der Waals surface area (Å²) in [7, 11) is 0. The van der Waals surface area contributed by atoms with Gasteiger partial charge in [0.05, 0.1) is 28.7 Å². The van der Waals surface area contributed by atoms with Crippen LogP contribution < -0.4 is 5.73 Å². The van der Waals surface area contributed by atoms with Gasteiger partial charge in [-0.3, -0.25) is 14.6 Å². The quantitative estimate of drug-likeness (QED) is 0.498. The maximum Gasteiger partial charge on any atom is 0.287 e. The topological polar surface area (TPSA) is 97.4 Å². The van der Waals surface area contributed by atoms with Crippen LogP contribution in [0.15, 0.2) is 49.2 Å². The molecule has 2 N–H and O–H groups in total. The van der Waals surface area contributed by atoms with Crippen molar-refractivity contribution in [2.45, 2.75) is 50.5 Å². The average molecular weight is 533 g/mol. The van der Waals surface area contributed by atoms with E-state index in [1.165, 1.54) is 24.5 Å². The molecule has 39 heavy (non-hydrogen) atoms. The molecule has 4 heterocycles. The molecule has 10 heteroatoms. The number of hydrogen-bond acceptors (Lipinski definition) is 5. The van der Waals surface area contributed by atoms with E-state index in [0.717, 1.165) is 41.8 Å². The number of hydrogen-bond donors (Lipinski definition) is 1. The normalized spacial score (nSPS) is 18.9. The van der Waals surface area contributed by atoms with Gasteiger partial charge in [0.2, 0.25) is 5.91 Å². The van der Waals surface area contributed by atoms with Crippen molar-refractivity contribution in [3.8, 4) is 5.69 Å². The summed E-state index contributed by atoms with van der Waals surface area (Å²) in [5, 5.41) is 4.97. The zero-order chi connectivity index (χ0) is 27.5. The molecule has 2 aliphatic heterocycles. The highest BCUT2D eigenvalue weighted by atomic mass is 19.3.